The molecule has 0 saturated carbocycles. The zero-order chi connectivity index (χ0) is 19.9. The van der Waals surface area contributed by atoms with Gasteiger partial charge in [0, 0.05) is 24.7 Å². The van der Waals surface area contributed by atoms with E-state index < -0.39 is 10.4 Å². The van der Waals surface area contributed by atoms with Crippen molar-refractivity contribution in [3.8, 4) is 11.5 Å². The molecule has 2 heterocycles. The van der Waals surface area contributed by atoms with Crippen molar-refractivity contribution in [2.24, 2.45) is 10.2 Å². The zero-order valence-corrected chi connectivity index (χ0v) is 15.3. The Kier molecular flexibility index (Phi) is 6.87. The van der Waals surface area contributed by atoms with Crippen LogP contribution in [-0.2, 0) is 14.6 Å². The maximum atomic E-state index is 9.98. The first-order valence-corrected chi connectivity index (χ1v) is 8.89. The van der Waals surface area contributed by atoms with Crippen LogP contribution >= 0.6 is 0 Å². The minimum Gasteiger partial charge on any atom is -0.726 e. The third-order valence-electron chi connectivity index (χ3n) is 3.22. The van der Waals surface area contributed by atoms with Crippen LogP contribution in [0.3, 0.4) is 0 Å². The Hall–Kier alpha value is -2.96. The Bertz CT molecular complexity index is 918. The molecule has 0 fully saturated rings. The normalized spacial score (nSPS) is 13.0. The molecule has 0 atom stereocenters. The third-order valence-corrected chi connectivity index (χ3v) is 3.62. The topological polar surface area (TPSA) is 146 Å². The van der Waals surface area contributed by atoms with Crippen LogP contribution in [0.1, 0.15) is 0 Å². The highest BCUT2D eigenvalue weighted by Crippen LogP contribution is 2.39. The van der Waals surface area contributed by atoms with Crippen LogP contribution in [0.15, 0.2) is 46.8 Å². The number of azo groups is 1. The standard InChI is InChI=1S/C14H14N4O3.CH4O4S/c1-20-18-6-3-2-4-14(18)17-16-10-9-13-11(8-12(10)19)15-5-7-21-13;1-5-6(2,3)4/h2-4,6,8-9H,5,7H2,1H3,(H,15,19);1H3,(H,2,3,4). The fraction of sp³-hybridized carbons (Fsp3) is 0.267. The summed E-state index contributed by atoms with van der Waals surface area (Å²) in [6, 6.07) is 8.63. The third kappa shape index (κ3) is 6.06. The van der Waals surface area contributed by atoms with E-state index in [9.17, 15) is 18.1 Å². The summed E-state index contributed by atoms with van der Waals surface area (Å²) >= 11 is 0. The monoisotopic (exact) mass is 398 g/mol. The molecule has 27 heavy (non-hydrogen) atoms. The number of nitrogens with zero attached hydrogens (tertiary/aromatic N) is 3. The summed E-state index contributed by atoms with van der Waals surface area (Å²) in [5.74, 6) is 1.20. The van der Waals surface area contributed by atoms with Gasteiger partial charge in [-0.2, -0.15) is 0 Å². The Labute approximate surface area is 155 Å². The lowest BCUT2D eigenvalue weighted by Crippen LogP contribution is -2.39. The molecule has 2 N–H and O–H groups in total. The second-order valence-corrected chi connectivity index (χ2v) is 6.10. The van der Waals surface area contributed by atoms with Crippen molar-refractivity contribution in [3.63, 3.8) is 0 Å². The summed E-state index contributed by atoms with van der Waals surface area (Å²) in [5.41, 5.74) is 1.09. The van der Waals surface area contributed by atoms with Gasteiger partial charge in [-0.15, -0.1) is 0 Å². The minimum absolute atomic E-state index is 0.0374. The highest BCUT2D eigenvalue weighted by atomic mass is 32.3. The number of anilines is 1. The fourth-order valence-electron chi connectivity index (χ4n) is 2.00. The Morgan fingerprint density at radius 3 is 2.70 bits per heavy atom. The van der Waals surface area contributed by atoms with Gasteiger partial charge in [0.25, 0.3) is 0 Å². The molecule has 0 amide bonds. The molecule has 1 aliphatic heterocycles. The summed E-state index contributed by atoms with van der Waals surface area (Å²) in [7, 11) is -2.07. The van der Waals surface area contributed by atoms with Gasteiger partial charge in [-0.05, 0) is 22.0 Å². The number of phenols is 1. The average Bonchev–Trinajstić information content (AvgIpc) is 2.66. The highest BCUT2D eigenvalue weighted by Gasteiger charge is 2.16. The van der Waals surface area contributed by atoms with E-state index in [1.54, 1.807) is 24.4 Å². The summed E-state index contributed by atoms with van der Waals surface area (Å²) in [6.07, 6.45) is 1.72. The van der Waals surface area contributed by atoms with Gasteiger partial charge in [-0.25, -0.2) is 8.42 Å². The number of aromatic nitrogens is 1. The lowest BCUT2D eigenvalue weighted by Gasteiger charge is -2.19. The van der Waals surface area contributed by atoms with Gasteiger partial charge in [-0.1, -0.05) is 0 Å². The molecule has 0 spiro atoms. The quantitative estimate of drug-likeness (QED) is 0.336. The van der Waals surface area contributed by atoms with Crippen LogP contribution in [0.25, 0.3) is 0 Å². The van der Waals surface area contributed by atoms with Crippen molar-refractivity contribution in [2.45, 2.75) is 0 Å². The van der Waals surface area contributed by atoms with E-state index in [4.69, 9.17) is 9.57 Å². The van der Waals surface area contributed by atoms with Crippen molar-refractivity contribution < 1.29 is 36.6 Å². The number of phenolic OH excluding ortho intramolecular Hbond substituents is 1. The number of rotatable bonds is 4. The van der Waals surface area contributed by atoms with Gasteiger partial charge < -0.3 is 24.6 Å². The van der Waals surface area contributed by atoms with Crippen molar-refractivity contribution in [1.82, 2.24) is 0 Å². The fourth-order valence-corrected chi connectivity index (χ4v) is 2.00. The summed E-state index contributed by atoms with van der Waals surface area (Å²) in [6.45, 7) is 1.29. The van der Waals surface area contributed by atoms with Crippen molar-refractivity contribution >= 4 is 27.6 Å². The zero-order valence-electron chi connectivity index (χ0n) is 14.5. The van der Waals surface area contributed by atoms with Crippen LogP contribution in [-0.4, -0.2) is 45.4 Å². The van der Waals surface area contributed by atoms with E-state index in [1.165, 1.54) is 11.8 Å². The molecular formula is C15H18N4O7S. The van der Waals surface area contributed by atoms with Crippen LogP contribution in [0.5, 0.6) is 11.5 Å². The number of aromatic hydroxyl groups is 1. The molecule has 11 nitrogen and oxygen atoms in total. The summed E-state index contributed by atoms with van der Waals surface area (Å²) < 4.78 is 38.0. The maximum absolute atomic E-state index is 9.98. The SMILES string of the molecule is COS(=O)(=O)[O-].CO[n+]1ccccc1N=Nc1cc2c(cc1O)NCCO2. The van der Waals surface area contributed by atoms with E-state index in [1.807, 2.05) is 12.1 Å². The van der Waals surface area contributed by atoms with Gasteiger partial charge in [0.1, 0.15) is 31.4 Å². The van der Waals surface area contributed by atoms with Crippen molar-refractivity contribution in [3.05, 3.63) is 36.5 Å². The molecular weight excluding hydrogens is 380 g/mol. The molecule has 3 rings (SSSR count). The molecule has 146 valence electrons. The molecule has 0 radical (unpaired) electrons. The lowest BCUT2D eigenvalue weighted by molar-refractivity contribution is -0.875. The van der Waals surface area contributed by atoms with Gasteiger partial charge in [0.2, 0.25) is 10.4 Å². The summed E-state index contributed by atoms with van der Waals surface area (Å²) in [4.78, 5) is 5.12. The van der Waals surface area contributed by atoms with Crippen LogP contribution in [0.2, 0.25) is 0 Å². The first-order valence-electron chi connectivity index (χ1n) is 7.56. The van der Waals surface area contributed by atoms with E-state index in [2.05, 4.69) is 19.7 Å². The maximum Gasteiger partial charge on any atom is 0.388 e. The number of nitrogens with one attached hydrogen (secondary N) is 1. The molecule has 0 aliphatic carbocycles. The number of benzene rings is 1. The molecule has 1 aromatic carbocycles. The second kappa shape index (κ2) is 9.12. The van der Waals surface area contributed by atoms with E-state index in [0.29, 0.717) is 30.4 Å². The Balaban J connectivity index is 0.000000380. The van der Waals surface area contributed by atoms with Crippen molar-refractivity contribution in [2.75, 3.05) is 32.7 Å². The van der Waals surface area contributed by atoms with E-state index >= 15 is 0 Å². The average molecular weight is 398 g/mol. The summed E-state index contributed by atoms with van der Waals surface area (Å²) in [5, 5.41) is 21.3. The van der Waals surface area contributed by atoms with Crippen LogP contribution in [0.4, 0.5) is 17.2 Å². The van der Waals surface area contributed by atoms with E-state index in [-0.39, 0.29) is 5.75 Å². The molecule has 0 bridgehead atoms. The predicted octanol–water partition coefficient (Wildman–Crippen LogP) is 1.05. The number of fused-ring (bicyclic) bond motifs is 1. The van der Waals surface area contributed by atoms with Crippen LogP contribution in [0, 0.1) is 0 Å². The first kappa shape index (κ1) is 20.4. The number of pyridine rings is 1. The number of hydrogen-bond acceptors (Lipinski definition) is 10. The second-order valence-electron chi connectivity index (χ2n) is 4.95. The van der Waals surface area contributed by atoms with E-state index in [0.717, 1.165) is 12.8 Å². The minimum atomic E-state index is -4.41. The van der Waals surface area contributed by atoms with Crippen molar-refractivity contribution in [1.29, 1.82) is 0 Å². The van der Waals surface area contributed by atoms with Gasteiger partial charge in [-0.3, -0.25) is 4.18 Å². The van der Waals surface area contributed by atoms with Crippen LogP contribution < -0.4 is 19.6 Å². The molecule has 2 aromatic rings. The highest BCUT2D eigenvalue weighted by molar-refractivity contribution is 7.80. The molecule has 12 heteroatoms. The van der Waals surface area contributed by atoms with Gasteiger partial charge in [0.05, 0.1) is 17.9 Å². The molecule has 1 aromatic heterocycles. The Morgan fingerprint density at radius 1 is 1.30 bits per heavy atom. The van der Waals surface area contributed by atoms with Gasteiger partial charge >= 0.3 is 5.82 Å². The lowest BCUT2D eigenvalue weighted by atomic mass is 10.2. The van der Waals surface area contributed by atoms with Gasteiger partial charge in [0.15, 0.2) is 5.69 Å². The molecule has 0 unspecified atom stereocenters. The molecule has 1 aliphatic rings. The predicted molar refractivity (Wildman–Crippen MR) is 92.1 cm³/mol. The first-order chi connectivity index (χ1) is 12.8. The number of ether oxygens (including phenoxy) is 1. The Morgan fingerprint density at radius 2 is 2.04 bits per heavy atom. The number of hydrogen-bond donors (Lipinski definition) is 2. The largest absolute Gasteiger partial charge is 0.726 e. The molecule has 0 saturated heterocycles. The smallest absolute Gasteiger partial charge is 0.388 e.